The van der Waals surface area contributed by atoms with Gasteiger partial charge in [-0.25, -0.2) is 4.39 Å². The SMILES string of the molecule is Cc1noc([C@H]2C[C@H]3CN(C(=O)Cc4ccc(F)cn4)CC[C@@H]3O2)n1. The largest absolute Gasteiger partial charge is 0.365 e. The minimum Gasteiger partial charge on any atom is -0.365 e. The summed E-state index contributed by atoms with van der Waals surface area (Å²) in [7, 11) is 0. The number of piperidine rings is 1. The van der Waals surface area contributed by atoms with Crippen LogP contribution in [0.1, 0.15) is 36.4 Å². The van der Waals surface area contributed by atoms with Crippen molar-refractivity contribution in [3.05, 3.63) is 41.6 Å². The number of likely N-dealkylation sites (tertiary alicyclic amines) is 1. The first-order valence-corrected chi connectivity index (χ1v) is 8.42. The summed E-state index contributed by atoms with van der Waals surface area (Å²) in [6, 6.07) is 2.87. The number of amides is 1. The van der Waals surface area contributed by atoms with E-state index in [9.17, 15) is 9.18 Å². The molecule has 4 heterocycles. The molecule has 8 heteroatoms. The van der Waals surface area contributed by atoms with Gasteiger partial charge in [0.2, 0.25) is 5.91 Å². The molecule has 0 radical (unpaired) electrons. The van der Waals surface area contributed by atoms with Crippen molar-refractivity contribution >= 4 is 5.91 Å². The van der Waals surface area contributed by atoms with Gasteiger partial charge in [0.15, 0.2) is 5.82 Å². The smallest absolute Gasteiger partial charge is 0.255 e. The number of halogens is 1. The van der Waals surface area contributed by atoms with Crippen molar-refractivity contribution in [3.63, 3.8) is 0 Å². The molecule has 2 fully saturated rings. The zero-order chi connectivity index (χ0) is 17.4. The highest BCUT2D eigenvalue weighted by atomic mass is 19.1. The Hall–Kier alpha value is -2.35. The Morgan fingerprint density at radius 3 is 3.04 bits per heavy atom. The number of carbonyl (C=O) groups is 1. The van der Waals surface area contributed by atoms with Gasteiger partial charge in [-0.05, 0) is 31.9 Å². The van der Waals surface area contributed by atoms with Crippen molar-refractivity contribution in [3.8, 4) is 0 Å². The number of rotatable bonds is 3. The molecular weight excluding hydrogens is 327 g/mol. The van der Waals surface area contributed by atoms with E-state index in [4.69, 9.17) is 9.26 Å². The minimum atomic E-state index is -0.401. The zero-order valence-corrected chi connectivity index (χ0v) is 13.9. The summed E-state index contributed by atoms with van der Waals surface area (Å²) in [6.45, 7) is 3.07. The summed E-state index contributed by atoms with van der Waals surface area (Å²) in [5.74, 6) is 0.977. The molecule has 0 aliphatic carbocycles. The standard InChI is InChI=1S/C17H19FN4O3/c1-10-20-17(25-21-10)15-6-11-9-22(5-4-14(11)24-15)16(23)7-13-3-2-12(18)8-19-13/h2-3,8,11,14-15H,4-7,9H2,1H3/t11-,14-,15+/m0/s1. The third-order valence-corrected chi connectivity index (χ3v) is 4.81. The van der Waals surface area contributed by atoms with Crippen molar-refractivity contribution in [2.45, 2.75) is 38.4 Å². The molecule has 2 aromatic heterocycles. The number of aromatic nitrogens is 3. The predicted molar refractivity (Wildman–Crippen MR) is 83.9 cm³/mol. The normalized spacial score (nSPS) is 25.8. The molecule has 4 rings (SSSR count). The Labute approximate surface area is 144 Å². The molecule has 3 atom stereocenters. The Bertz CT molecular complexity index is 764. The number of nitrogens with zero attached hydrogens (tertiary/aromatic N) is 4. The Kier molecular flexibility index (Phi) is 4.20. The van der Waals surface area contributed by atoms with E-state index in [0.717, 1.165) is 19.0 Å². The summed E-state index contributed by atoms with van der Waals surface area (Å²) in [5, 5.41) is 3.81. The van der Waals surface area contributed by atoms with Crippen molar-refractivity contribution in [2.75, 3.05) is 13.1 Å². The van der Waals surface area contributed by atoms with Crippen LogP contribution in [0, 0.1) is 18.7 Å². The molecule has 2 aliphatic rings. The monoisotopic (exact) mass is 346 g/mol. The molecule has 7 nitrogen and oxygen atoms in total. The van der Waals surface area contributed by atoms with Gasteiger partial charge in [-0.3, -0.25) is 9.78 Å². The molecule has 0 aromatic carbocycles. The second kappa shape index (κ2) is 6.51. The quantitative estimate of drug-likeness (QED) is 0.843. The van der Waals surface area contributed by atoms with Crippen molar-refractivity contribution < 1.29 is 18.4 Å². The lowest BCUT2D eigenvalue weighted by atomic mass is 9.92. The molecule has 0 unspecified atom stereocenters. The van der Waals surface area contributed by atoms with Crippen LogP contribution in [0.2, 0.25) is 0 Å². The van der Waals surface area contributed by atoms with Crippen LogP contribution in [0.3, 0.4) is 0 Å². The number of fused-ring (bicyclic) bond motifs is 1. The fraction of sp³-hybridized carbons (Fsp3) is 0.529. The molecule has 132 valence electrons. The number of ether oxygens (including phenoxy) is 1. The second-order valence-electron chi connectivity index (χ2n) is 6.61. The van der Waals surface area contributed by atoms with Gasteiger partial charge in [-0.1, -0.05) is 5.16 Å². The topological polar surface area (TPSA) is 81.4 Å². The molecule has 25 heavy (non-hydrogen) atoms. The lowest BCUT2D eigenvalue weighted by molar-refractivity contribution is -0.133. The van der Waals surface area contributed by atoms with Crippen LogP contribution in [0.25, 0.3) is 0 Å². The first-order chi connectivity index (χ1) is 12.1. The van der Waals surface area contributed by atoms with Crippen LogP contribution in [0.5, 0.6) is 0 Å². The van der Waals surface area contributed by atoms with E-state index < -0.39 is 5.82 Å². The molecule has 2 aromatic rings. The number of carbonyl (C=O) groups excluding carboxylic acids is 1. The summed E-state index contributed by atoms with van der Waals surface area (Å²) < 4.78 is 24.2. The molecule has 0 saturated carbocycles. The van der Waals surface area contributed by atoms with Crippen LogP contribution in [-0.2, 0) is 16.0 Å². The Morgan fingerprint density at radius 2 is 2.32 bits per heavy atom. The lowest BCUT2D eigenvalue weighted by Crippen LogP contribution is -2.45. The van der Waals surface area contributed by atoms with Crippen molar-refractivity contribution in [1.29, 1.82) is 0 Å². The van der Waals surface area contributed by atoms with Gasteiger partial charge in [0.25, 0.3) is 5.89 Å². The average Bonchev–Trinajstić information content (AvgIpc) is 3.22. The molecule has 0 N–H and O–H groups in total. The number of pyridine rings is 1. The van der Waals surface area contributed by atoms with Crippen LogP contribution in [0.4, 0.5) is 4.39 Å². The van der Waals surface area contributed by atoms with Crippen LogP contribution in [-0.4, -0.2) is 45.1 Å². The highest BCUT2D eigenvalue weighted by Crippen LogP contribution is 2.40. The average molecular weight is 346 g/mol. The summed E-state index contributed by atoms with van der Waals surface area (Å²) in [5.41, 5.74) is 0.579. The van der Waals surface area contributed by atoms with Gasteiger partial charge in [0.1, 0.15) is 11.9 Å². The molecule has 0 bridgehead atoms. The second-order valence-corrected chi connectivity index (χ2v) is 6.61. The lowest BCUT2D eigenvalue weighted by Gasteiger charge is -2.34. The van der Waals surface area contributed by atoms with Gasteiger partial charge < -0.3 is 14.2 Å². The Balaban J connectivity index is 1.37. The van der Waals surface area contributed by atoms with Crippen molar-refractivity contribution in [1.82, 2.24) is 20.0 Å². The van der Waals surface area contributed by atoms with Crippen LogP contribution in [0.15, 0.2) is 22.9 Å². The molecule has 1 amide bonds. The van der Waals surface area contributed by atoms with Gasteiger partial charge >= 0.3 is 0 Å². The number of aryl methyl sites for hydroxylation is 1. The maximum Gasteiger partial charge on any atom is 0.255 e. The molecule has 0 spiro atoms. The van der Waals surface area contributed by atoms with E-state index in [-0.39, 0.29) is 30.5 Å². The van der Waals surface area contributed by atoms with E-state index in [1.807, 2.05) is 4.90 Å². The van der Waals surface area contributed by atoms with Crippen LogP contribution < -0.4 is 0 Å². The highest BCUT2D eigenvalue weighted by molar-refractivity contribution is 5.78. The fourth-order valence-corrected chi connectivity index (χ4v) is 3.56. The van der Waals surface area contributed by atoms with Crippen molar-refractivity contribution in [2.24, 2.45) is 5.92 Å². The fourth-order valence-electron chi connectivity index (χ4n) is 3.56. The number of hydrogen-bond acceptors (Lipinski definition) is 6. The van der Waals surface area contributed by atoms with E-state index in [1.165, 1.54) is 6.07 Å². The first kappa shape index (κ1) is 16.1. The maximum atomic E-state index is 12.9. The molecule has 2 saturated heterocycles. The van der Waals surface area contributed by atoms with E-state index in [2.05, 4.69) is 15.1 Å². The molecular formula is C17H19FN4O3. The van der Waals surface area contributed by atoms with Gasteiger partial charge in [-0.15, -0.1) is 0 Å². The third-order valence-electron chi connectivity index (χ3n) is 4.81. The highest BCUT2D eigenvalue weighted by Gasteiger charge is 2.42. The van der Waals surface area contributed by atoms with Gasteiger partial charge in [-0.2, -0.15) is 4.98 Å². The predicted octanol–water partition coefficient (Wildman–Crippen LogP) is 1.83. The number of hydrogen-bond donors (Lipinski definition) is 0. The third kappa shape index (κ3) is 3.39. The summed E-state index contributed by atoms with van der Waals surface area (Å²) in [6.07, 6.45) is 2.80. The van der Waals surface area contributed by atoms with Crippen LogP contribution >= 0.6 is 0 Å². The summed E-state index contributed by atoms with van der Waals surface area (Å²) in [4.78, 5) is 22.6. The zero-order valence-electron chi connectivity index (χ0n) is 13.9. The van der Waals surface area contributed by atoms with Gasteiger partial charge in [0, 0.05) is 24.7 Å². The van der Waals surface area contributed by atoms with E-state index in [1.54, 1.807) is 13.0 Å². The minimum absolute atomic E-state index is 0.00893. The Morgan fingerprint density at radius 1 is 1.44 bits per heavy atom. The maximum absolute atomic E-state index is 12.9. The van der Waals surface area contributed by atoms with E-state index in [0.29, 0.717) is 30.5 Å². The first-order valence-electron chi connectivity index (χ1n) is 8.42. The van der Waals surface area contributed by atoms with E-state index >= 15 is 0 Å². The molecule has 2 aliphatic heterocycles. The van der Waals surface area contributed by atoms with Gasteiger partial charge in [0.05, 0.1) is 18.7 Å². The summed E-state index contributed by atoms with van der Waals surface area (Å²) >= 11 is 0.